The molecule has 102 valence electrons. The molecule has 0 amide bonds. The molecule has 0 aliphatic rings. The summed E-state index contributed by atoms with van der Waals surface area (Å²) in [6, 6.07) is 5.37. The molecule has 0 bridgehead atoms. The minimum absolute atomic E-state index is 0.422. The van der Waals surface area contributed by atoms with Crippen LogP contribution in [-0.2, 0) is 10.1 Å². The Labute approximate surface area is 114 Å². The lowest BCUT2D eigenvalue weighted by Gasteiger charge is -2.09. The highest BCUT2D eigenvalue weighted by atomic mass is 79.9. The minimum atomic E-state index is -5.66. The number of hydrogen-bond acceptors (Lipinski definition) is 4. The zero-order chi connectivity index (χ0) is 14.3. The molecule has 19 heavy (non-hydrogen) atoms. The average Bonchev–Trinajstić information content (AvgIpc) is 2.27. The second-order valence-corrected chi connectivity index (χ2v) is 5.85. The molecule has 2 rings (SSSR count). The van der Waals surface area contributed by atoms with Crippen LogP contribution in [-0.4, -0.2) is 18.9 Å². The maximum Gasteiger partial charge on any atom is 0.534 e. The maximum absolute atomic E-state index is 12.2. The van der Waals surface area contributed by atoms with Crippen molar-refractivity contribution in [2.45, 2.75) is 5.51 Å². The molecule has 0 aliphatic carbocycles. The molecule has 1 aromatic heterocycles. The van der Waals surface area contributed by atoms with Crippen LogP contribution in [0.15, 0.2) is 35.1 Å². The van der Waals surface area contributed by atoms with Crippen molar-refractivity contribution in [3.05, 3.63) is 35.1 Å². The quantitative estimate of drug-likeness (QED) is 0.471. The van der Waals surface area contributed by atoms with Gasteiger partial charge in [0, 0.05) is 11.6 Å². The highest BCUT2D eigenvalue weighted by Gasteiger charge is 2.48. The van der Waals surface area contributed by atoms with E-state index in [0.29, 0.717) is 15.4 Å². The maximum atomic E-state index is 12.2. The van der Waals surface area contributed by atoms with Gasteiger partial charge in [-0.05, 0) is 39.5 Å². The Bertz CT molecular complexity index is 730. The van der Waals surface area contributed by atoms with E-state index in [4.69, 9.17) is 0 Å². The Hall–Kier alpha value is -1.35. The fraction of sp³-hybridized carbons (Fsp3) is 0.100. The summed E-state index contributed by atoms with van der Waals surface area (Å²) in [6.07, 6.45) is 1.38. The van der Waals surface area contributed by atoms with Crippen LogP contribution < -0.4 is 4.18 Å². The molecule has 0 radical (unpaired) electrons. The van der Waals surface area contributed by atoms with E-state index in [-0.39, 0.29) is 0 Å². The van der Waals surface area contributed by atoms with Gasteiger partial charge in [0.1, 0.15) is 10.4 Å². The highest BCUT2D eigenvalue weighted by molar-refractivity contribution is 9.10. The van der Waals surface area contributed by atoms with Gasteiger partial charge in [-0.2, -0.15) is 21.6 Å². The van der Waals surface area contributed by atoms with E-state index in [1.807, 2.05) is 0 Å². The van der Waals surface area contributed by atoms with Crippen LogP contribution in [0.3, 0.4) is 0 Å². The van der Waals surface area contributed by atoms with Gasteiger partial charge in [-0.1, -0.05) is 6.07 Å². The van der Waals surface area contributed by atoms with Crippen molar-refractivity contribution in [2.75, 3.05) is 0 Å². The summed E-state index contributed by atoms with van der Waals surface area (Å²) in [4.78, 5) is 3.88. The van der Waals surface area contributed by atoms with E-state index in [1.54, 1.807) is 6.07 Å². The van der Waals surface area contributed by atoms with E-state index >= 15 is 0 Å². The number of alkyl halides is 3. The number of benzene rings is 1. The molecule has 1 aromatic carbocycles. The third-order valence-corrected chi connectivity index (χ3v) is 3.56. The molecule has 9 heteroatoms. The van der Waals surface area contributed by atoms with Crippen molar-refractivity contribution in [3.63, 3.8) is 0 Å². The zero-order valence-electron chi connectivity index (χ0n) is 8.98. The molecule has 1 heterocycles. The molecule has 2 aromatic rings. The van der Waals surface area contributed by atoms with Gasteiger partial charge in [0.15, 0.2) is 0 Å². The third kappa shape index (κ3) is 2.98. The summed E-state index contributed by atoms with van der Waals surface area (Å²) in [6.45, 7) is 0. The van der Waals surface area contributed by atoms with Crippen molar-refractivity contribution in [1.29, 1.82) is 0 Å². The normalized spacial score (nSPS) is 12.6. The lowest BCUT2D eigenvalue weighted by molar-refractivity contribution is -0.0500. The van der Waals surface area contributed by atoms with Crippen molar-refractivity contribution >= 4 is 36.8 Å². The van der Waals surface area contributed by atoms with Gasteiger partial charge < -0.3 is 4.18 Å². The average molecular weight is 356 g/mol. The Morgan fingerprint density at radius 2 is 1.84 bits per heavy atom. The zero-order valence-corrected chi connectivity index (χ0v) is 11.4. The molecular weight excluding hydrogens is 351 g/mol. The van der Waals surface area contributed by atoms with E-state index in [2.05, 4.69) is 25.1 Å². The summed E-state index contributed by atoms with van der Waals surface area (Å²) in [5.74, 6) is -0.422. The number of pyridine rings is 1. The van der Waals surface area contributed by atoms with Gasteiger partial charge in [0.05, 0.1) is 0 Å². The predicted molar refractivity (Wildman–Crippen MR) is 65.0 cm³/mol. The Morgan fingerprint density at radius 3 is 2.47 bits per heavy atom. The number of halogens is 4. The Kier molecular flexibility index (Phi) is 3.43. The second-order valence-electron chi connectivity index (χ2n) is 3.50. The van der Waals surface area contributed by atoms with Crippen molar-refractivity contribution in [3.8, 4) is 5.75 Å². The molecular formula is C10H5BrF3NO3S. The third-order valence-electron chi connectivity index (χ3n) is 2.15. The highest BCUT2D eigenvalue weighted by Crippen LogP contribution is 2.29. The number of nitrogens with zero attached hydrogens (tertiary/aromatic N) is 1. The van der Waals surface area contributed by atoms with Gasteiger partial charge in [-0.15, -0.1) is 0 Å². The van der Waals surface area contributed by atoms with Crippen LogP contribution in [0.1, 0.15) is 0 Å². The van der Waals surface area contributed by atoms with Gasteiger partial charge in [0.2, 0.25) is 0 Å². The van der Waals surface area contributed by atoms with Crippen LogP contribution in [0, 0.1) is 0 Å². The van der Waals surface area contributed by atoms with E-state index < -0.39 is 21.4 Å². The number of hydrogen-bond donors (Lipinski definition) is 0. The molecule has 0 atom stereocenters. The number of rotatable bonds is 2. The van der Waals surface area contributed by atoms with Gasteiger partial charge >= 0.3 is 15.6 Å². The van der Waals surface area contributed by atoms with Crippen LogP contribution in [0.5, 0.6) is 5.75 Å². The fourth-order valence-corrected chi connectivity index (χ4v) is 2.12. The van der Waals surface area contributed by atoms with E-state index in [9.17, 15) is 21.6 Å². The minimum Gasteiger partial charge on any atom is -0.376 e. The molecule has 0 fully saturated rings. The second kappa shape index (κ2) is 4.64. The monoisotopic (exact) mass is 355 g/mol. The van der Waals surface area contributed by atoms with Crippen molar-refractivity contribution < 1.29 is 25.8 Å². The lowest BCUT2D eigenvalue weighted by Crippen LogP contribution is -2.28. The molecule has 0 unspecified atom stereocenters. The van der Waals surface area contributed by atoms with Crippen LogP contribution in [0.2, 0.25) is 0 Å². The summed E-state index contributed by atoms with van der Waals surface area (Å²) in [5, 5.41) is 1.14. The molecule has 0 spiro atoms. The first kappa shape index (κ1) is 14.1. The fourth-order valence-electron chi connectivity index (χ4n) is 1.32. The molecule has 0 saturated heterocycles. The van der Waals surface area contributed by atoms with Crippen LogP contribution >= 0.6 is 15.9 Å². The Balaban J connectivity index is 2.40. The Morgan fingerprint density at radius 1 is 1.16 bits per heavy atom. The summed E-state index contributed by atoms with van der Waals surface area (Å²) in [7, 11) is -5.66. The predicted octanol–water partition coefficient (Wildman–Crippen LogP) is 3.23. The van der Waals surface area contributed by atoms with Gasteiger partial charge in [-0.3, -0.25) is 0 Å². The van der Waals surface area contributed by atoms with Crippen LogP contribution in [0.4, 0.5) is 13.2 Å². The van der Waals surface area contributed by atoms with Crippen LogP contribution in [0.25, 0.3) is 10.8 Å². The smallest absolute Gasteiger partial charge is 0.376 e. The first-order valence-corrected chi connectivity index (χ1v) is 6.95. The summed E-state index contributed by atoms with van der Waals surface area (Å²) < 4.78 is 62.7. The molecule has 4 nitrogen and oxygen atoms in total. The summed E-state index contributed by atoms with van der Waals surface area (Å²) >= 11 is 3.14. The van der Waals surface area contributed by atoms with E-state index in [0.717, 1.165) is 12.1 Å². The number of aromatic nitrogens is 1. The lowest BCUT2D eigenvalue weighted by atomic mass is 10.2. The SMILES string of the molecule is O=S(=O)(Oc1ccc2cc(Br)ncc2c1)C(F)(F)F. The van der Waals surface area contributed by atoms with Crippen molar-refractivity contribution in [1.82, 2.24) is 4.98 Å². The summed E-state index contributed by atoms with van der Waals surface area (Å²) in [5.41, 5.74) is -5.46. The largest absolute Gasteiger partial charge is 0.534 e. The first-order chi connectivity index (χ1) is 8.69. The topological polar surface area (TPSA) is 56.3 Å². The first-order valence-electron chi connectivity index (χ1n) is 4.75. The number of fused-ring (bicyclic) bond motifs is 1. The molecule has 0 aliphatic heterocycles. The molecule has 0 N–H and O–H groups in total. The standard InChI is InChI=1S/C10H5BrF3NO3S/c11-9-4-6-1-2-8(3-7(6)5-15-9)18-19(16,17)10(12,13)14/h1-5H. The van der Waals surface area contributed by atoms with Gasteiger partial charge in [0.25, 0.3) is 0 Å². The molecule has 0 saturated carbocycles. The van der Waals surface area contributed by atoms with Gasteiger partial charge in [-0.25, -0.2) is 4.98 Å². The van der Waals surface area contributed by atoms with Crippen molar-refractivity contribution in [2.24, 2.45) is 0 Å². The van der Waals surface area contributed by atoms with E-state index in [1.165, 1.54) is 12.3 Å².